The van der Waals surface area contributed by atoms with Crippen LogP contribution in [0, 0.1) is 13.8 Å². The second kappa shape index (κ2) is 5.15. The van der Waals surface area contributed by atoms with Gasteiger partial charge in [-0.1, -0.05) is 29.3 Å². The highest BCUT2D eigenvalue weighted by atomic mass is 16.2. The Balaban J connectivity index is 1.82. The molecular formula is C16H21N3O2. The van der Waals surface area contributed by atoms with Gasteiger partial charge in [-0.15, -0.1) is 0 Å². The van der Waals surface area contributed by atoms with Crippen LogP contribution >= 0.6 is 0 Å². The molecule has 0 aromatic heterocycles. The van der Waals surface area contributed by atoms with E-state index in [4.69, 9.17) is 0 Å². The van der Waals surface area contributed by atoms with Crippen LogP contribution in [0.5, 0.6) is 0 Å². The van der Waals surface area contributed by atoms with Crippen LogP contribution in [0.3, 0.4) is 0 Å². The van der Waals surface area contributed by atoms with E-state index in [0.29, 0.717) is 19.4 Å². The first kappa shape index (κ1) is 14.1. The summed E-state index contributed by atoms with van der Waals surface area (Å²) < 4.78 is 0. The maximum atomic E-state index is 12.7. The van der Waals surface area contributed by atoms with E-state index in [1.54, 1.807) is 0 Å². The fourth-order valence-corrected chi connectivity index (χ4v) is 3.36. The number of benzene rings is 1. The molecule has 5 nitrogen and oxygen atoms in total. The first-order chi connectivity index (χ1) is 10.00. The SMILES string of the molecule is Cc1cc(C)cc(CN2C(=O)NC3(CCNCC3)C2=O)c1. The Morgan fingerprint density at radius 2 is 1.71 bits per heavy atom. The number of urea groups is 1. The van der Waals surface area contributed by atoms with Crippen molar-refractivity contribution in [3.8, 4) is 0 Å². The molecule has 0 bridgehead atoms. The summed E-state index contributed by atoms with van der Waals surface area (Å²) in [5, 5.41) is 6.14. The summed E-state index contributed by atoms with van der Waals surface area (Å²) in [5.41, 5.74) is 2.62. The number of amides is 3. The molecule has 1 spiro atoms. The molecule has 3 rings (SSSR count). The molecule has 2 aliphatic heterocycles. The van der Waals surface area contributed by atoms with Crippen molar-refractivity contribution in [3.05, 3.63) is 34.9 Å². The highest BCUT2D eigenvalue weighted by molar-refractivity contribution is 6.07. The van der Waals surface area contributed by atoms with Gasteiger partial charge in [0.15, 0.2) is 0 Å². The van der Waals surface area contributed by atoms with Crippen molar-refractivity contribution in [2.45, 2.75) is 38.8 Å². The normalized spacial score (nSPS) is 21.0. The fraction of sp³-hybridized carbons (Fsp3) is 0.500. The van der Waals surface area contributed by atoms with Gasteiger partial charge in [0.05, 0.1) is 6.54 Å². The minimum Gasteiger partial charge on any atom is -0.323 e. The van der Waals surface area contributed by atoms with Crippen molar-refractivity contribution in [1.82, 2.24) is 15.5 Å². The second-order valence-corrected chi connectivity index (χ2v) is 6.15. The molecule has 1 aromatic carbocycles. The molecule has 21 heavy (non-hydrogen) atoms. The molecule has 2 saturated heterocycles. The molecule has 2 heterocycles. The Morgan fingerprint density at radius 1 is 1.10 bits per heavy atom. The molecule has 0 aliphatic carbocycles. The van der Waals surface area contributed by atoms with Crippen molar-refractivity contribution in [2.75, 3.05) is 13.1 Å². The van der Waals surface area contributed by atoms with Gasteiger partial charge < -0.3 is 10.6 Å². The number of piperidine rings is 1. The van der Waals surface area contributed by atoms with Gasteiger partial charge in [-0.25, -0.2) is 4.79 Å². The van der Waals surface area contributed by atoms with E-state index in [1.165, 1.54) is 4.90 Å². The number of hydrogen-bond acceptors (Lipinski definition) is 3. The number of rotatable bonds is 2. The van der Waals surface area contributed by atoms with E-state index >= 15 is 0 Å². The maximum absolute atomic E-state index is 12.7. The number of carbonyl (C=O) groups excluding carboxylic acids is 2. The highest BCUT2D eigenvalue weighted by Gasteiger charge is 2.51. The first-order valence-corrected chi connectivity index (χ1v) is 7.42. The smallest absolute Gasteiger partial charge is 0.323 e. The van der Waals surface area contributed by atoms with Crippen molar-refractivity contribution >= 4 is 11.9 Å². The van der Waals surface area contributed by atoms with Crippen LogP contribution in [0.25, 0.3) is 0 Å². The third-order valence-corrected chi connectivity index (χ3v) is 4.33. The van der Waals surface area contributed by atoms with Crippen LogP contribution in [0.1, 0.15) is 29.5 Å². The van der Waals surface area contributed by atoms with E-state index in [1.807, 2.05) is 26.0 Å². The number of hydrogen-bond donors (Lipinski definition) is 2. The van der Waals surface area contributed by atoms with Crippen LogP contribution in [0.15, 0.2) is 18.2 Å². The molecule has 5 heteroatoms. The van der Waals surface area contributed by atoms with Gasteiger partial charge >= 0.3 is 6.03 Å². The van der Waals surface area contributed by atoms with Crippen LogP contribution < -0.4 is 10.6 Å². The molecule has 0 radical (unpaired) electrons. The third-order valence-electron chi connectivity index (χ3n) is 4.33. The average molecular weight is 287 g/mol. The summed E-state index contributed by atoms with van der Waals surface area (Å²) in [7, 11) is 0. The van der Waals surface area contributed by atoms with Crippen molar-refractivity contribution in [1.29, 1.82) is 0 Å². The molecule has 2 aliphatic rings. The van der Waals surface area contributed by atoms with Crippen LogP contribution in [-0.4, -0.2) is 35.5 Å². The fourth-order valence-electron chi connectivity index (χ4n) is 3.36. The van der Waals surface area contributed by atoms with Crippen molar-refractivity contribution < 1.29 is 9.59 Å². The molecule has 112 valence electrons. The minimum atomic E-state index is -0.679. The van der Waals surface area contributed by atoms with Gasteiger partial charge in [0.25, 0.3) is 5.91 Å². The zero-order chi connectivity index (χ0) is 15.0. The molecule has 1 aromatic rings. The zero-order valence-electron chi connectivity index (χ0n) is 12.5. The number of imide groups is 1. The second-order valence-electron chi connectivity index (χ2n) is 6.15. The molecule has 3 amide bonds. The monoisotopic (exact) mass is 287 g/mol. The molecule has 0 saturated carbocycles. The largest absolute Gasteiger partial charge is 0.325 e. The Bertz CT molecular complexity index is 571. The van der Waals surface area contributed by atoms with E-state index in [9.17, 15) is 9.59 Å². The summed E-state index contributed by atoms with van der Waals surface area (Å²) in [4.78, 5) is 26.2. The van der Waals surface area contributed by atoms with E-state index in [-0.39, 0.29) is 11.9 Å². The predicted molar refractivity (Wildman–Crippen MR) is 79.8 cm³/mol. The van der Waals surface area contributed by atoms with E-state index < -0.39 is 5.54 Å². The standard InChI is InChI=1S/C16H21N3O2/c1-11-7-12(2)9-13(8-11)10-19-14(20)16(18-15(19)21)3-5-17-6-4-16/h7-9,17H,3-6,10H2,1-2H3,(H,18,21). The van der Waals surface area contributed by atoms with Gasteiger partial charge in [-0.3, -0.25) is 9.69 Å². The van der Waals surface area contributed by atoms with Gasteiger partial charge in [0.1, 0.15) is 5.54 Å². The Labute approximate surface area is 124 Å². The van der Waals surface area contributed by atoms with Crippen LogP contribution in [0.4, 0.5) is 4.79 Å². The lowest BCUT2D eigenvalue weighted by Crippen LogP contribution is -2.53. The molecule has 0 atom stereocenters. The summed E-state index contributed by atoms with van der Waals surface area (Å²) in [5.74, 6) is -0.0758. The zero-order valence-corrected chi connectivity index (χ0v) is 12.5. The average Bonchev–Trinajstić information content (AvgIpc) is 2.63. The molecule has 2 N–H and O–H groups in total. The highest BCUT2D eigenvalue weighted by Crippen LogP contribution is 2.28. The Hall–Kier alpha value is -1.88. The Kier molecular flexibility index (Phi) is 3.45. The van der Waals surface area contributed by atoms with E-state index in [0.717, 1.165) is 29.8 Å². The molecule has 2 fully saturated rings. The number of nitrogens with one attached hydrogen (secondary N) is 2. The van der Waals surface area contributed by atoms with Crippen LogP contribution in [-0.2, 0) is 11.3 Å². The molecule has 0 unspecified atom stereocenters. The molecular weight excluding hydrogens is 266 g/mol. The van der Waals surface area contributed by atoms with Gasteiger partial charge in [-0.2, -0.15) is 0 Å². The minimum absolute atomic E-state index is 0.0758. The maximum Gasteiger partial charge on any atom is 0.325 e. The summed E-state index contributed by atoms with van der Waals surface area (Å²) >= 11 is 0. The summed E-state index contributed by atoms with van der Waals surface area (Å²) in [6, 6.07) is 5.88. The number of carbonyl (C=O) groups is 2. The lowest BCUT2D eigenvalue weighted by molar-refractivity contribution is -0.132. The van der Waals surface area contributed by atoms with Gasteiger partial charge in [-0.05, 0) is 45.3 Å². The predicted octanol–water partition coefficient (Wildman–Crippen LogP) is 1.48. The summed E-state index contributed by atoms with van der Waals surface area (Å²) in [6.07, 6.45) is 1.34. The van der Waals surface area contributed by atoms with E-state index in [2.05, 4.69) is 16.7 Å². The van der Waals surface area contributed by atoms with Gasteiger partial charge in [0, 0.05) is 0 Å². The quantitative estimate of drug-likeness (QED) is 0.810. The third kappa shape index (κ3) is 2.53. The Morgan fingerprint density at radius 3 is 2.33 bits per heavy atom. The first-order valence-electron chi connectivity index (χ1n) is 7.42. The van der Waals surface area contributed by atoms with Crippen molar-refractivity contribution in [2.24, 2.45) is 0 Å². The lowest BCUT2D eigenvalue weighted by Gasteiger charge is -2.31. The van der Waals surface area contributed by atoms with Gasteiger partial charge in [0.2, 0.25) is 0 Å². The lowest BCUT2D eigenvalue weighted by atomic mass is 9.88. The topological polar surface area (TPSA) is 61.4 Å². The van der Waals surface area contributed by atoms with Crippen LogP contribution in [0.2, 0.25) is 0 Å². The number of aryl methyl sites for hydroxylation is 2. The number of nitrogens with zero attached hydrogens (tertiary/aromatic N) is 1. The summed E-state index contributed by atoms with van der Waals surface area (Å²) in [6.45, 7) is 5.93. The van der Waals surface area contributed by atoms with Crippen molar-refractivity contribution in [3.63, 3.8) is 0 Å².